The van der Waals surface area contributed by atoms with E-state index < -0.39 is 11.0 Å². The number of hydrogen-bond donors (Lipinski definition) is 3. The average Bonchev–Trinajstić information content (AvgIpc) is 3.20. The predicted octanol–water partition coefficient (Wildman–Crippen LogP) is 1.60. The first-order chi connectivity index (χ1) is 9.11. The summed E-state index contributed by atoms with van der Waals surface area (Å²) in [6.45, 7) is 2.90. The molecule has 7 nitrogen and oxygen atoms in total. The lowest BCUT2D eigenvalue weighted by Crippen LogP contribution is -2.22. The highest BCUT2D eigenvalue weighted by molar-refractivity contribution is 5.60. The Hall–Kier alpha value is -1.89. The van der Waals surface area contributed by atoms with E-state index in [9.17, 15) is 15.2 Å². The van der Waals surface area contributed by atoms with Gasteiger partial charge in [0.15, 0.2) is 0 Å². The number of nitrogens with zero attached hydrogens (tertiary/aromatic N) is 2. The summed E-state index contributed by atoms with van der Waals surface area (Å²) < 4.78 is 0. The van der Waals surface area contributed by atoms with Gasteiger partial charge in [-0.1, -0.05) is 0 Å². The number of aromatic nitrogens is 1. The number of nitro groups is 1. The summed E-state index contributed by atoms with van der Waals surface area (Å²) in [4.78, 5) is 14.6. The van der Waals surface area contributed by atoms with Crippen molar-refractivity contribution < 1.29 is 10.0 Å². The fourth-order valence-electron chi connectivity index (χ4n) is 1.86. The highest BCUT2D eigenvalue weighted by Crippen LogP contribution is 2.33. The second-order valence-electron chi connectivity index (χ2n) is 4.64. The van der Waals surface area contributed by atoms with Crippen LogP contribution in [0.5, 0.6) is 0 Å². The van der Waals surface area contributed by atoms with Gasteiger partial charge in [-0.25, -0.2) is 4.98 Å². The summed E-state index contributed by atoms with van der Waals surface area (Å²) in [5.41, 5.74) is -0.0790. The van der Waals surface area contributed by atoms with Crippen LogP contribution in [0.3, 0.4) is 0 Å². The van der Waals surface area contributed by atoms with Gasteiger partial charge in [0.2, 0.25) is 5.82 Å². The molecule has 1 fully saturated rings. The van der Waals surface area contributed by atoms with Crippen LogP contribution in [-0.2, 0) is 0 Å². The van der Waals surface area contributed by atoms with E-state index in [1.54, 1.807) is 6.07 Å². The Morgan fingerprint density at radius 2 is 2.26 bits per heavy atom. The van der Waals surface area contributed by atoms with E-state index in [1.165, 1.54) is 6.07 Å². The zero-order chi connectivity index (χ0) is 13.8. The standard InChI is InChI=1S/C12H18N4O3/c1-2-13-11-6-5-9(16(18)19)12(15-11)14-7-10(17)8-3-4-8/h5-6,8,10,17H,2-4,7H2,1H3,(H2,13,14,15). The zero-order valence-electron chi connectivity index (χ0n) is 10.8. The fraction of sp³-hybridized carbons (Fsp3) is 0.583. The summed E-state index contributed by atoms with van der Waals surface area (Å²) in [6.07, 6.45) is 1.58. The minimum atomic E-state index is -0.478. The van der Waals surface area contributed by atoms with Crippen molar-refractivity contribution in [1.29, 1.82) is 0 Å². The first-order valence-electron chi connectivity index (χ1n) is 6.43. The summed E-state index contributed by atoms with van der Waals surface area (Å²) >= 11 is 0. The lowest BCUT2D eigenvalue weighted by Gasteiger charge is -2.12. The lowest BCUT2D eigenvalue weighted by atomic mass is 10.2. The molecule has 1 aromatic rings. The van der Waals surface area contributed by atoms with Gasteiger partial charge in [0.1, 0.15) is 5.82 Å². The highest BCUT2D eigenvalue weighted by Gasteiger charge is 2.30. The van der Waals surface area contributed by atoms with E-state index >= 15 is 0 Å². The molecule has 1 aromatic heterocycles. The predicted molar refractivity (Wildman–Crippen MR) is 72.3 cm³/mol. The van der Waals surface area contributed by atoms with Gasteiger partial charge in [-0.15, -0.1) is 0 Å². The monoisotopic (exact) mass is 266 g/mol. The van der Waals surface area contributed by atoms with Gasteiger partial charge in [-0.3, -0.25) is 10.1 Å². The molecule has 0 aliphatic heterocycles. The molecule has 1 unspecified atom stereocenters. The molecule has 3 N–H and O–H groups in total. The zero-order valence-corrected chi connectivity index (χ0v) is 10.8. The highest BCUT2D eigenvalue weighted by atomic mass is 16.6. The van der Waals surface area contributed by atoms with Crippen molar-refractivity contribution in [2.24, 2.45) is 5.92 Å². The van der Waals surface area contributed by atoms with Gasteiger partial charge in [0, 0.05) is 19.2 Å². The number of nitrogens with one attached hydrogen (secondary N) is 2. The van der Waals surface area contributed by atoms with Crippen LogP contribution in [0, 0.1) is 16.0 Å². The number of hydrogen-bond acceptors (Lipinski definition) is 6. The Balaban J connectivity index is 2.09. The molecule has 0 bridgehead atoms. The van der Waals surface area contributed by atoms with Crippen molar-refractivity contribution in [3.63, 3.8) is 0 Å². The quantitative estimate of drug-likeness (QED) is 0.512. The van der Waals surface area contributed by atoms with Crippen LogP contribution in [0.15, 0.2) is 12.1 Å². The normalized spacial score (nSPS) is 15.9. The largest absolute Gasteiger partial charge is 0.391 e. The van der Waals surface area contributed by atoms with Crippen molar-refractivity contribution in [2.45, 2.75) is 25.9 Å². The van der Waals surface area contributed by atoms with Crippen LogP contribution in [0.25, 0.3) is 0 Å². The summed E-state index contributed by atoms with van der Waals surface area (Å²) in [6, 6.07) is 2.99. The van der Waals surface area contributed by atoms with Crippen molar-refractivity contribution in [3.05, 3.63) is 22.2 Å². The van der Waals surface area contributed by atoms with Gasteiger partial charge in [-0.05, 0) is 31.7 Å². The molecule has 0 saturated heterocycles. The third kappa shape index (κ3) is 3.54. The topological polar surface area (TPSA) is 100 Å². The van der Waals surface area contributed by atoms with Crippen LogP contribution < -0.4 is 10.6 Å². The molecular formula is C12H18N4O3. The van der Waals surface area contributed by atoms with Gasteiger partial charge < -0.3 is 15.7 Å². The molecule has 1 saturated carbocycles. The lowest BCUT2D eigenvalue weighted by molar-refractivity contribution is -0.384. The first-order valence-corrected chi connectivity index (χ1v) is 6.43. The van der Waals surface area contributed by atoms with E-state index in [0.717, 1.165) is 12.8 Å². The Bertz CT molecular complexity index is 462. The summed E-state index contributed by atoms with van der Waals surface area (Å²) in [5, 5.41) is 26.6. The van der Waals surface area contributed by atoms with E-state index in [-0.39, 0.29) is 18.1 Å². The third-order valence-electron chi connectivity index (χ3n) is 3.07. The molecule has 1 atom stereocenters. The minimum Gasteiger partial charge on any atom is -0.391 e. The van der Waals surface area contributed by atoms with Gasteiger partial charge in [0.05, 0.1) is 11.0 Å². The van der Waals surface area contributed by atoms with Crippen molar-refractivity contribution in [1.82, 2.24) is 4.98 Å². The van der Waals surface area contributed by atoms with E-state index in [1.807, 2.05) is 6.92 Å². The molecular weight excluding hydrogens is 248 g/mol. The number of aliphatic hydroxyl groups is 1. The number of rotatable bonds is 7. The molecule has 0 amide bonds. The SMILES string of the molecule is CCNc1ccc([N+](=O)[O-])c(NCC(O)C2CC2)n1. The maximum absolute atomic E-state index is 10.9. The van der Waals surface area contributed by atoms with Gasteiger partial charge >= 0.3 is 5.69 Å². The molecule has 7 heteroatoms. The van der Waals surface area contributed by atoms with Crippen molar-refractivity contribution in [2.75, 3.05) is 23.7 Å². The van der Waals surface area contributed by atoms with Crippen LogP contribution in [0.1, 0.15) is 19.8 Å². The molecule has 1 aliphatic carbocycles. The molecule has 19 heavy (non-hydrogen) atoms. The first kappa shape index (κ1) is 13.5. The molecule has 0 radical (unpaired) electrons. The Kier molecular flexibility index (Phi) is 4.16. The van der Waals surface area contributed by atoms with Crippen LogP contribution in [0.4, 0.5) is 17.3 Å². The molecule has 2 rings (SSSR count). The molecule has 0 aromatic carbocycles. The second-order valence-corrected chi connectivity index (χ2v) is 4.64. The molecule has 104 valence electrons. The third-order valence-corrected chi connectivity index (χ3v) is 3.07. The maximum Gasteiger partial charge on any atom is 0.311 e. The Morgan fingerprint density at radius 3 is 2.84 bits per heavy atom. The number of aliphatic hydroxyl groups excluding tert-OH is 1. The van der Waals surface area contributed by atoms with Crippen molar-refractivity contribution in [3.8, 4) is 0 Å². The fourth-order valence-corrected chi connectivity index (χ4v) is 1.86. The van der Waals surface area contributed by atoms with Gasteiger partial charge in [-0.2, -0.15) is 0 Å². The molecule has 1 aliphatic rings. The summed E-state index contributed by atoms with van der Waals surface area (Å²) in [7, 11) is 0. The van der Waals surface area contributed by atoms with Crippen LogP contribution >= 0.6 is 0 Å². The minimum absolute atomic E-state index is 0.0790. The average molecular weight is 266 g/mol. The van der Waals surface area contributed by atoms with Crippen LogP contribution in [0.2, 0.25) is 0 Å². The van der Waals surface area contributed by atoms with Crippen molar-refractivity contribution >= 4 is 17.3 Å². The number of pyridine rings is 1. The Morgan fingerprint density at radius 1 is 1.53 bits per heavy atom. The number of anilines is 2. The van der Waals surface area contributed by atoms with Crippen LogP contribution in [-0.4, -0.2) is 34.2 Å². The smallest absolute Gasteiger partial charge is 0.311 e. The maximum atomic E-state index is 10.9. The molecule has 1 heterocycles. The van der Waals surface area contributed by atoms with E-state index in [0.29, 0.717) is 18.3 Å². The molecule has 0 spiro atoms. The summed E-state index contributed by atoms with van der Waals surface area (Å²) in [5.74, 6) is 1.10. The Labute approximate surface area is 111 Å². The second kappa shape index (κ2) is 5.83. The van der Waals surface area contributed by atoms with E-state index in [4.69, 9.17) is 0 Å². The van der Waals surface area contributed by atoms with E-state index in [2.05, 4.69) is 15.6 Å². The van der Waals surface area contributed by atoms with Gasteiger partial charge in [0.25, 0.3) is 0 Å².